The van der Waals surface area contributed by atoms with Gasteiger partial charge < -0.3 is 10.6 Å². The van der Waals surface area contributed by atoms with Gasteiger partial charge in [-0.2, -0.15) is 0 Å². The molecule has 1 fully saturated rings. The summed E-state index contributed by atoms with van der Waals surface area (Å²) in [5, 5.41) is 5.72. The fourth-order valence-corrected chi connectivity index (χ4v) is 2.28. The van der Waals surface area contributed by atoms with Gasteiger partial charge in [0.25, 0.3) is 0 Å². The van der Waals surface area contributed by atoms with Crippen LogP contribution >= 0.6 is 0 Å². The third kappa shape index (κ3) is 3.91. The second kappa shape index (κ2) is 6.24. The molecule has 0 heterocycles. The average molecular weight is 244 g/mol. The Balaban J connectivity index is 1.78. The normalized spacial score (nSPS) is 16.1. The van der Waals surface area contributed by atoms with E-state index in [1.54, 1.807) is 6.20 Å². The minimum absolute atomic E-state index is 0.106. The van der Waals surface area contributed by atoms with Crippen LogP contribution in [0.3, 0.4) is 0 Å². The second-order valence-electron chi connectivity index (χ2n) is 4.85. The highest BCUT2D eigenvalue weighted by Gasteiger charge is 2.16. The predicted octanol–water partition coefficient (Wildman–Crippen LogP) is 3.21. The molecule has 0 bridgehead atoms. The first-order valence-corrected chi connectivity index (χ1v) is 6.54. The van der Waals surface area contributed by atoms with Gasteiger partial charge >= 0.3 is 6.03 Å². The summed E-state index contributed by atoms with van der Waals surface area (Å²) in [7, 11) is 0. The molecule has 1 aliphatic carbocycles. The molecule has 0 aromatic heterocycles. The molecule has 1 aromatic carbocycles. The van der Waals surface area contributed by atoms with E-state index in [1.807, 2.05) is 18.2 Å². The maximum Gasteiger partial charge on any atom is 0.318 e. The van der Waals surface area contributed by atoms with Gasteiger partial charge in [0.2, 0.25) is 0 Å². The van der Waals surface area contributed by atoms with Gasteiger partial charge in [-0.15, -0.1) is 0 Å². The number of aryl methyl sites for hydroxylation is 1. The fourth-order valence-electron chi connectivity index (χ4n) is 2.28. The van der Waals surface area contributed by atoms with Crippen molar-refractivity contribution in [2.24, 2.45) is 0 Å². The summed E-state index contributed by atoms with van der Waals surface area (Å²) in [5.41, 5.74) is 2.31. The summed E-state index contributed by atoms with van der Waals surface area (Å²) >= 11 is 0. The van der Waals surface area contributed by atoms with Crippen LogP contribution in [0.2, 0.25) is 0 Å². The van der Waals surface area contributed by atoms with Gasteiger partial charge in [-0.1, -0.05) is 42.7 Å². The van der Waals surface area contributed by atoms with Crippen molar-refractivity contribution in [1.29, 1.82) is 0 Å². The third-order valence-electron chi connectivity index (χ3n) is 3.22. The van der Waals surface area contributed by atoms with Crippen LogP contribution in [-0.4, -0.2) is 12.1 Å². The standard InChI is InChI=1S/C15H20N2O/c1-12-5-4-6-13(11-12)9-10-16-15(18)17-14-7-2-3-8-14/h4-6,9-11,14H,2-3,7-8H2,1H3,(H2,16,17,18)/b10-9+. The third-order valence-corrected chi connectivity index (χ3v) is 3.22. The molecule has 96 valence electrons. The molecule has 2 N–H and O–H groups in total. The van der Waals surface area contributed by atoms with Crippen molar-refractivity contribution in [1.82, 2.24) is 10.6 Å². The summed E-state index contributed by atoms with van der Waals surface area (Å²) in [6.07, 6.45) is 8.26. The molecule has 1 aromatic rings. The lowest BCUT2D eigenvalue weighted by atomic mass is 10.1. The predicted molar refractivity (Wildman–Crippen MR) is 74.1 cm³/mol. The van der Waals surface area contributed by atoms with Crippen molar-refractivity contribution in [3.05, 3.63) is 41.6 Å². The van der Waals surface area contributed by atoms with Crippen LogP contribution in [0.1, 0.15) is 36.8 Å². The van der Waals surface area contributed by atoms with Crippen molar-refractivity contribution >= 4 is 12.1 Å². The quantitative estimate of drug-likeness (QED) is 0.842. The molecule has 0 aliphatic heterocycles. The molecule has 1 aliphatic rings. The molecule has 0 atom stereocenters. The number of benzene rings is 1. The van der Waals surface area contributed by atoms with Crippen molar-refractivity contribution in [3.8, 4) is 0 Å². The number of carbonyl (C=O) groups excluding carboxylic acids is 1. The molecule has 0 saturated heterocycles. The topological polar surface area (TPSA) is 41.1 Å². The van der Waals surface area contributed by atoms with Gasteiger partial charge in [-0.3, -0.25) is 0 Å². The molecule has 1 saturated carbocycles. The van der Waals surface area contributed by atoms with Crippen molar-refractivity contribution in [2.75, 3.05) is 0 Å². The van der Waals surface area contributed by atoms with E-state index in [1.165, 1.54) is 18.4 Å². The van der Waals surface area contributed by atoms with Gasteiger partial charge in [0.05, 0.1) is 0 Å². The van der Waals surface area contributed by atoms with Gasteiger partial charge in [0, 0.05) is 12.2 Å². The van der Waals surface area contributed by atoms with E-state index in [0.717, 1.165) is 18.4 Å². The number of rotatable bonds is 3. The van der Waals surface area contributed by atoms with E-state index in [9.17, 15) is 4.79 Å². The van der Waals surface area contributed by atoms with Crippen molar-refractivity contribution in [3.63, 3.8) is 0 Å². The summed E-state index contributed by atoms with van der Waals surface area (Å²) in [6.45, 7) is 2.05. The second-order valence-corrected chi connectivity index (χ2v) is 4.85. The van der Waals surface area contributed by atoms with E-state index < -0.39 is 0 Å². The Morgan fingerprint density at radius 3 is 2.83 bits per heavy atom. The molecule has 18 heavy (non-hydrogen) atoms. The minimum atomic E-state index is -0.106. The van der Waals surface area contributed by atoms with E-state index in [-0.39, 0.29) is 6.03 Å². The van der Waals surface area contributed by atoms with Crippen LogP contribution < -0.4 is 10.6 Å². The molecule has 0 spiro atoms. The van der Waals surface area contributed by atoms with Crippen LogP contribution in [0, 0.1) is 6.92 Å². The van der Waals surface area contributed by atoms with Crippen LogP contribution in [0.4, 0.5) is 4.79 Å². The van der Waals surface area contributed by atoms with Crippen LogP contribution in [0.15, 0.2) is 30.5 Å². The SMILES string of the molecule is Cc1cccc(/C=C/NC(=O)NC2CCCC2)c1. The molecule has 0 radical (unpaired) electrons. The summed E-state index contributed by atoms with van der Waals surface area (Å²) < 4.78 is 0. The molecule has 3 heteroatoms. The monoisotopic (exact) mass is 244 g/mol. The first-order chi connectivity index (χ1) is 8.74. The number of urea groups is 1. The highest BCUT2D eigenvalue weighted by Crippen LogP contribution is 2.17. The van der Waals surface area contributed by atoms with E-state index in [4.69, 9.17) is 0 Å². The van der Waals surface area contributed by atoms with Crippen molar-refractivity contribution in [2.45, 2.75) is 38.6 Å². The zero-order chi connectivity index (χ0) is 12.8. The van der Waals surface area contributed by atoms with Crippen LogP contribution in [-0.2, 0) is 0 Å². The van der Waals surface area contributed by atoms with E-state index >= 15 is 0 Å². The lowest BCUT2D eigenvalue weighted by Crippen LogP contribution is -2.38. The molecule has 0 unspecified atom stereocenters. The molecule has 2 rings (SSSR count). The van der Waals surface area contributed by atoms with Gasteiger partial charge in [-0.25, -0.2) is 4.79 Å². The highest BCUT2D eigenvalue weighted by atomic mass is 16.2. The molecular weight excluding hydrogens is 224 g/mol. The lowest BCUT2D eigenvalue weighted by molar-refractivity contribution is 0.240. The first-order valence-electron chi connectivity index (χ1n) is 6.54. The number of amides is 2. The average Bonchev–Trinajstić information content (AvgIpc) is 2.82. The Morgan fingerprint density at radius 1 is 1.33 bits per heavy atom. The largest absolute Gasteiger partial charge is 0.335 e. The first kappa shape index (κ1) is 12.7. The molecule has 3 nitrogen and oxygen atoms in total. The molecule has 2 amide bonds. The highest BCUT2D eigenvalue weighted by molar-refractivity contribution is 5.76. The fraction of sp³-hybridized carbons (Fsp3) is 0.400. The Morgan fingerprint density at radius 2 is 2.11 bits per heavy atom. The summed E-state index contributed by atoms with van der Waals surface area (Å²) in [5.74, 6) is 0. The Kier molecular flexibility index (Phi) is 4.40. The number of hydrogen-bond donors (Lipinski definition) is 2. The maximum absolute atomic E-state index is 11.6. The zero-order valence-electron chi connectivity index (χ0n) is 10.8. The Bertz CT molecular complexity index is 434. The maximum atomic E-state index is 11.6. The number of hydrogen-bond acceptors (Lipinski definition) is 1. The van der Waals surface area contributed by atoms with Gasteiger partial charge in [0.1, 0.15) is 0 Å². The zero-order valence-corrected chi connectivity index (χ0v) is 10.8. The van der Waals surface area contributed by atoms with Crippen LogP contribution in [0.25, 0.3) is 6.08 Å². The van der Waals surface area contributed by atoms with Gasteiger partial charge in [-0.05, 0) is 31.4 Å². The Hall–Kier alpha value is -1.77. The molecular formula is C15H20N2O. The number of carbonyl (C=O) groups is 1. The van der Waals surface area contributed by atoms with Crippen molar-refractivity contribution < 1.29 is 4.79 Å². The smallest absolute Gasteiger partial charge is 0.318 e. The summed E-state index contributed by atoms with van der Waals surface area (Å²) in [4.78, 5) is 11.6. The minimum Gasteiger partial charge on any atom is -0.335 e. The van der Waals surface area contributed by atoms with E-state index in [0.29, 0.717) is 6.04 Å². The number of nitrogens with one attached hydrogen (secondary N) is 2. The van der Waals surface area contributed by atoms with E-state index in [2.05, 4.69) is 29.7 Å². The Labute approximate surface area is 108 Å². The van der Waals surface area contributed by atoms with Crippen LogP contribution in [0.5, 0.6) is 0 Å². The summed E-state index contributed by atoms with van der Waals surface area (Å²) in [6, 6.07) is 8.40. The lowest BCUT2D eigenvalue weighted by Gasteiger charge is -2.10. The van der Waals surface area contributed by atoms with Gasteiger partial charge in [0.15, 0.2) is 0 Å².